The predicted molar refractivity (Wildman–Crippen MR) is 126 cm³/mol. The predicted octanol–water partition coefficient (Wildman–Crippen LogP) is 5.29. The van der Waals surface area contributed by atoms with Crippen LogP contribution in [0.15, 0.2) is 60.7 Å². The summed E-state index contributed by atoms with van der Waals surface area (Å²) in [5.74, 6) is -6.97. The maximum Gasteiger partial charge on any atom is 0.459 e. The molecule has 13 heteroatoms. The van der Waals surface area contributed by atoms with E-state index in [9.17, 15) is 35.5 Å². The van der Waals surface area contributed by atoms with Gasteiger partial charge in [0.15, 0.2) is 11.3 Å². The molecular weight excluding hydrogens is 531 g/mol. The van der Waals surface area contributed by atoms with Crippen LogP contribution in [0.5, 0.6) is 0 Å². The third kappa shape index (κ3) is 5.31. The fourth-order valence-corrected chi connectivity index (χ4v) is 4.38. The molecule has 1 saturated heterocycles. The fraction of sp³-hybridized carbons (Fsp3) is 0.269. The summed E-state index contributed by atoms with van der Waals surface area (Å²) in [6.45, 7) is 1.80. The Hall–Kier alpha value is -4.00. The lowest BCUT2D eigenvalue weighted by molar-refractivity contribution is -0.291. The van der Waals surface area contributed by atoms with Crippen molar-refractivity contribution in [3.05, 3.63) is 89.2 Å². The van der Waals surface area contributed by atoms with Crippen LogP contribution in [0.3, 0.4) is 0 Å². The minimum atomic E-state index is -5.95. The quantitative estimate of drug-likeness (QED) is 0.317. The topological polar surface area (TPSA) is 53.7 Å². The lowest BCUT2D eigenvalue weighted by Crippen LogP contribution is -2.48. The molecule has 6 nitrogen and oxygen atoms in total. The van der Waals surface area contributed by atoms with Gasteiger partial charge in [0.25, 0.3) is 5.91 Å². The Morgan fingerprint density at radius 1 is 0.846 bits per heavy atom. The number of carbonyl (C=O) groups excluding carboxylic acids is 1. The Bertz CT molecular complexity index is 1510. The first-order valence-electron chi connectivity index (χ1n) is 11.8. The van der Waals surface area contributed by atoms with Gasteiger partial charge in [-0.15, -0.1) is 0 Å². The molecule has 0 atom stereocenters. The third-order valence-electron chi connectivity index (χ3n) is 6.42. The first kappa shape index (κ1) is 26.6. The van der Waals surface area contributed by atoms with Gasteiger partial charge >= 0.3 is 12.1 Å². The maximum absolute atomic E-state index is 14.6. The summed E-state index contributed by atoms with van der Waals surface area (Å²) in [4.78, 5) is 20.7. The highest BCUT2D eigenvalue weighted by Crippen LogP contribution is 2.44. The number of fused-ring (bicyclic) bond motifs is 1. The number of hydrogen-bond donors (Lipinski definition) is 0. The molecule has 204 valence electrons. The zero-order chi connectivity index (χ0) is 27.9. The van der Waals surface area contributed by atoms with Crippen LogP contribution in [0, 0.1) is 11.6 Å². The highest BCUT2D eigenvalue weighted by atomic mass is 19.4. The van der Waals surface area contributed by atoms with Gasteiger partial charge < -0.3 is 4.90 Å². The zero-order valence-corrected chi connectivity index (χ0v) is 20.1. The number of piperazine rings is 1. The van der Waals surface area contributed by atoms with Crippen LogP contribution < -0.4 is 0 Å². The molecule has 0 spiro atoms. The van der Waals surface area contributed by atoms with Gasteiger partial charge in [-0.1, -0.05) is 12.1 Å². The number of amides is 1. The smallest absolute Gasteiger partial charge is 0.335 e. The molecule has 0 N–H and O–H groups in total. The minimum Gasteiger partial charge on any atom is -0.335 e. The first-order valence-corrected chi connectivity index (χ1v) is 11.8. The number of benzene rings is 2. The van der Waals surface area contributed by atoms with E-state index in [0.29, 0.717) is 30.2 Å². The number of aromatic nitrogens is 3. The summed E-state index contributed by atoms with van der Waals surface area (Å²) in [5.41, 5.74) is -1.69. The van der Waals surface area contributed by atoms with Gasteiger partial charge in [0, 0.05) is 44.4 Å². The Morgan fingerprint density at radius 3 is 2.18 bits per heavy atom. The van der Waals surface area contributed by atoms with Crippen LogP contribution >= 0.6 is 0 Å². The molecule has 3 heterocycles. The summed E-state index contributed by atoms with van der Waals surface area (Å²) in [6, 6.07) is 12.1. The van der Waals surface area contributed by atoms with Crippen molar-refractivity contribution < 1.29 is 35.5 Å². The van der Waals surface area contributed by atoms with E-state index in [1.165, 1.54) is 29.2 Å². The van der Waals surface area contributed by atoms with Gasteiger partial charge in [0.1, 0.15) is 17.3 Å². The molecule has 0 unspecified atom stereocenters. The maximum atomic E-state index is 14.6. The Morgan fingerprint density at radius 2 is 1.54 bits per heavy atom. The van der Waals surface area contributed by atoms with Crippen LogP contribution in [0.1, 0.15) is 21.7 Å². The molecule has 0 radical (unpaired) electrons. The van der Waals surface area contributed by atoms with Crippen molar-refractivity contribution in [3.8, 4) is 11.3 Å². The van der Waals surface area contributed by atoms with Crippen LogP contribution in [0.4, 0.5) is 30.7 Å². The molecule has 1 aliphatic rings. The highest BCUT2D eigenvalue weighted by Gasteiger charge is 2.60. The molecule has 4 aromatic rings. The molecule has 39 heavy (non-hydrogen) atoms. The lowest BCUT2D eigenvalue weighted by atomic mass is 10.1. The van der Waals surface area contributed by atoms with Crippen molar-refractivity contribution in [3.63, 3.8) is 0 Å². The van der Waals surface area contributed by atoms with Crippen molar-refractivity contribution in [2.75, 3.05) is 26.2 Å². The lowest BCUT2D eigenvalue weighted by Gasteiger charge is -2.34. The van der Waals surface area contributed by atoms with E-state index in [1.54, 1.807) is 12.1 Å². The number of nitrogens with zero attached hydrogens (tertiary/aromatic N) is 5. The SMILES string of the molecule is O=C(c1cc2nc(-c3ccc(F)cc3)cc(C(F)(F)C(F)(F)F)n2n1)N1CCN(Cc2cccc(F)c2)CC1. The molecule has 2 aromatic carbocycles. The van der Waals surface area contributed by atoms with Crippen LogP contribution in [-0.2, 0) is 12.5 Å². The van der Waals surface area contributed by atoms with E-state index in [1.807, 2.05) is 4.90 Å². The molecule has 0 bridgehead atoms. The molecule has 1 aliphatic heterocycles. The largest absolute Gasteiger partial charge is 0.459 e. The molecule has 1 fully saturated rings. The molecule has 1 amide bonds. The van der Waals surface area contributed by atoms with Gasteiger partial charge in [-0.25, -0.2) is 18.3 Å². The molecule has 0 saturated carbocycles. The van der Waals surface area contributed by atoms with Crippen molar-refractivity contribution >= 4 is 11.6 Å². The number of alkyl halides is 5. The van der Waals surface area contributed by atoms with Crippen LogP contribution in [0.25, 0.3) is 16.9 Å². The molecule has 0 aliphatic carbocycles. The fourth-order valence-electron chi connectivity index (χ4n) is 4.38. The van der Waals surface area contributed by atoms with E-state index in [2.05, 4.69) is 10.1 Å². The second-order valence-corrected chi connectivity index (χ2v) is 9.10. The van der Waals surface area contributed by atoms with Gasteiger partial charge in [0.05, 0.1) is 5.69 Å². The summed E-state index contributed by atoms with van der Waals surface area (Å²) in [6.07, 6.45) is -5.95. The van der Waals surface area contributed by atoms with Crippen molar-refractivity contribution in [1.29, 1.82) is 0 Å². The Kier molecular flexibility index (Phi) is 6.79. The second-order valence-electron chi connectivity index (χ2n) is 9.10. The van der Waals surface area contributed by atoms with E-state index >= 15 is 0 Å². The average Bonchev–Trinajstić information content (AvgIpc) is 3.32. The van der Waals surface area contributed by atoms with E-state index < -0.39 is 35.2 Å². The standard InChI is InChI=1S/C26H20F7N5O/c27-18-6-4-17(5-7-18)20-13-22(25(29,30)26(31,32)33)38-23(34-20)14-21(35-38)24(39)37-10-8-36(9-11-37)15-16-2-1-3-19(28)12-16/h1-7,12-14H,8-11,15H2. The third-order valence-corrected chi connectivity index (χ3v) is 6.42. The summed E-state index contributed by atoms with van der Waals surface area (Å²) in [7, 11) is 0. The molecule has 2 aromatic heterocycles. The molecule has 5 rings (SSSR count). The minimum absolute atomic E-state index is 0.0987. The Balaban J connectivity index is 1.43. The Labute approximate surface area is 217 Å². The van der Waals surface area contributed by atoms with Crippen molar-refractivity contribution in [2.45, 2.75) is 18.6 Å². The van der Waals surface area contributed by atoms with Crippen LogP contribution in [0.2, 0.25) is 0 Å². The van der Waals surface area contributed by atoms with Crippen molar-refractivity contribution in [1.82, 2.24) is 24.4 Å². The van der Waals surface area contributed by atoms with Crippen LogP contribution in [-0.4, -0.2) is 62.7 Å². The highest BCUT2D eigenvalue weighted by molar-refractivity contribution is 5.93. The number of rotatable bonds is 5. The number of carbonyl (C=O) groups is 1. The number of hydrogen-bond acceptors (Lipinski definition) is 4. The normalized spacial score (nSPS) is 15.2. The summed E-state index contributed by atoms with van der Waals surface area (Å²) < 4.78 is 96.3. The average molecular weight is 551 g/mol. The van der Waals surface area contributed by atoms with E-state index in [4.69, 9.17) is 0 Å². The van der Waals surface area contributed by atoms with E-state index in [-0.39, 0.29) is 35.9 Å². The van der Waals surface area contributed by atoms with E-state index in [0.717, 1.165) is 23.8 Å². The van der Waals surface area contributed by atoms with Gasteiger partial charge in [-0.3, -0.25) is 9.69 Å². The monoisotopic (exact) mass is 551 g/mol. The second kappa shape index (κ2) is 9.95. The first-order chi connectivity index (χ1) is 18.4. The van der Waals surface area contributed by atoms with Gasteiger partial charge in [0.2, 0.25) is 0 Å². The van der Waals surface area contributed by atoms with Gasteiger partial charge in [-0.2, -0.15) is 27.1 Å². The molecular formula is C26H20F7N5O. The zero-order valence-electron chi connectivity index (χ0n) is 20.1. The van der Waals surface area contributed by atoms with Crippen molar-refractivity contribution in [2.24, 2.45) is 0 Å². The summed E-state index contributed by atoms with van der Waals surface area (Å²) >= 11 is 0. The van der Waals surface area contributed by atoms with Gasteiger partial charge in [-0.05, 0) is 48.0 Å². The summed E-state index contributed by atoms with van der Waals surface area (Å²) in [5, 5.41) is 3.78. The number of halogens is 7.